The second kappa shape index (κ2) is 5.94. The molecule has 1 fully saturated rings. The Balaban J connectivity index is 2.03. The van der Waals surface area contributed by atoms with Gasteiger partial charge in [0.2, 0.25) is 0 Å². The van der Waals surface area contributed by atoms with Crippen LogP contribution in [0.25, 0.3) is 0 Å². The molecule has 0 spiro atoms. The third-order valence-corrected chi connectivity index (χ3v) is 3.24. The van der Waals surface area contributed by atoms with Crippen LogP contribution >= 0.6 is 0 Å². The van der Waals surface area contributed by atoms with Crippen LogP contribution in [0, 0.1) is 0 Å². The molecular formula is C14H19NO2. The number of carbonyl (C=O) groups excluding carboxylic acids is 1. The predicted molar refractivity (Wildman–Crippen MR) is 67.2 cm³/mol. The van der Waals surface area contributed by atoms with Crippen LogP contribution < -0.4 is 0 Å². The summed E-state index contributed by atoms with van der Waals surface area (Å²) in [6, 6.07) is 9.46. The smallest absolute Gasteiger partial charge is 0.179 e. The summed E-state index contributed by atoms with van der Waals surface area (Å²) in [5, 5.41) is 0. The zero-order valence-electron chi connectivity index (χ0n) is 10.3. The Labute approximate surface area is 102 Å². The third-order valence-electron chi connectivity index (χ3n) is 3.24. The zero-order valence-corrected chi connectivity index (χ0v) is 10.3. The molecule has 1 aromatic rings. The molecule has 1 unspecified atom stereocenters. The van der Waals surface area contributed by atoms with Crippen LogP contribution in [0.15, 0.2) is 30.3 Å². The zero-order chi connectivity index (χ0) is 12.1. The monoisotopic (exact) mass is 233 g/mol. The number of nitrogens with zero attached hydrogens (tertiary/aromatic N) is 1. The Kier molecular flexibility index (Phi) is 4.29. The number of rotatable bonds is 3. The van der Waals surface area contributed by atoms with Crippen molar-refractivity contribution >= 4 is 5.78 Å². The number of hydrogen-bond donors (Lipinski definition) is 0. The van der Waals surface area contributed by atoms with Gasteiger partial charge in [-0.2, -0.15) is 0 Å². The molecule has 0 saturated carbocycles. The topological polar surface area (TPSA) is 29.5 Å². The van der Waals surface area contributed by atoms with E-state index in [1.165, 1.54) is 0 Å². The van der Waals surface area contributed by atoms with Gasteiger partial charge in [0.25, 0.3) is 0 Å². The fraction of sp³-hybridized carbons (Fsp3) is 0.500. The van der Waals surface area contributed by atoms with Gasteiger partial charge in [0.05, 0.1) is 12.6 Å². The summed E-state index contributed by atoms with van der Waals surface area (Å²) < 4.78 is 5.41. The second-order valence-electron chi connectivity index (χ2n) is 4.41. The minimum Gasteiger partial charge on any atom is -0.380 e. The van der Waals surface area contributed by atoms with Gasteiger partial charge < -0.3 is 4.74 Å². The summed E-state index contributed by atoms with van der Waals surface area (Å²) in [6.07, 6.45) is 1.01. The second-order valence-corrected chi connectivity index (χ2v) is 4.41. The van der Waals surface area contributed by atoms with Crippen LogP contribution in [-0.2, 0) is 4.74 Å². The van der Waals surface area contributed by atoms with Crippen LogP contribution in [0.2, 0.25) is 0 Å². The van der Waals surface area contributed by atoms with E-state index < -0.39 is 0 Å². The highest BCUT2D eigenvalue weighted by Crippen LogP contribution is 2.11. The molecule has 2 rings (SSSR count). The molecule has 1 aromatic carbocycles. The van der Waals surface area contributed by atoms with Crippen molar-refractivity contribution in [2.75, 3.05) is 26.3 Å². The van der Waals surface area contributed by atoms with Gasteiger partial charge in [-0.3, -0.25) is 9.69 Å². The summed E-state index contributed by atoms with van der Waals surface area (Å²) >= 11 is 0. The lowest BCUT2D eigenvalue weighted by molar-refractivity contribution is 0.0824. The van der Waals surface area contributed by atoms with E-state index in [9.17, 15) is 4.79 Å². The van der Waals surface area contributed by atoms with Gasteiger partial charge in [-0.25, -0.2) is 0 Å². The standard InChI is InChI=1S/C14H19NO2/c1-12(15-8-5-10-17-11-9-15)14(16)13-6-3-2-4-7-13/h2-4,6-7,12H,5,8-11H2,1H3. The lowest BCUT2D eigenvalue weighted by Crippen LogP contribution is -2.40. The fourth-order valence-corrected chi connectivity index (χ4v) is 2.16. The number of Topliss-reactive ketones (excluding diaryl/α,β-unsaturated/α-hetero) is 1. The third kappa shape index (κ3) is 3.14. The van der Waals surface area contributed by atoms with Crippen LogP contribution in [-0.4, -0.2) is 43.0 Å². The van der Waals surface area contributed by atoms with Crippen molar-refractivity contribution in [1.82, 2.24) is 4.90 Å². The van der Waals surface area contributed by atoms with E-state index in [0.717, 1.165) is 38.3 Å². The van der Waals surface area contributed by atoms with E-state index in [1.807, 2.05) is 37.3 Å². The quantitative estimate of drug-likeness (QED) is 0.748. The van der Waals surface area contributed by atoms with E-state index in [2.05, 4.69) is 4.90 Å². The normalized spacial score (nSPS) is 19.6. The fourth-order valence-electron chi connectivity index (χ4n) is 2.16. The molecule has 0 bridgehead atoms. The van der Waals surface area contributed by atoms with E-state index in [-0.39, 0.29) is 11.8 Å². The Hall–Kier alpha value is -1.19. The van der Waals surface area contributed by atoms with Gasteiger partial charge >= 0.3 is 0 Å². The Morgan fingerprint density at radius 3 is 2.76 bits per heavy atom. The SMILES string of the molecule is CC(C(=O)c1ccccc1)N1CCCOCC1. The minimum absolute atomic E-state index is 0.0564. The highest BCUT2D eigenvalue weighted by atomic mass is 16.5. The van der Waals surface area contributed by atoms with Crippen LogP contribution in [0.3, 0.4) is 0 Å². The van der Waals surface area contributed by atoms with Gasteiger partial charge in [0.15, 0.2) is 5.78 Å². The average molecular weight is 233 g/mol. The van der Waals surface area contributed by atoms with Crippen molar-refractivity contribution in [1.29, 1.82) is 0 Å². The number of hydrogen-bond acceptors (Lipinski definition) is 3. The first-order valence-corrected chi connectivity index (χ1v) is 6.20. The van der Waals surface area contributed by atoms with E-state index in [0.29, 0.717) is 0 Å². The highest BCUT2D eigenvalue weighted by molar-refractivity contribution is 5.99. The van der Waals surface area contributed by atoms with Gasteiger partial charge in [0.1, 0.15) is 0 Å². The Bertz CT molecular complexity index is 356. The minimum atomic E-state index is -0.0564. The van der Waals surface area contributed by atoms with Crippen molar-refractivity contribution in [3.8, 4) is 0 Å². The van der Waals surface area contributed by atoms with Crippen LogP contribution in [0.4, 0.5) is 0 Å². The largest absolute Gasteiger partial charge is 0.380 e. The maximum Gasteiger partial charge on any atom is 0.179 e. The molecule has 0 N–H and O–H groups in total. The molecule has 3 heteroatoms. The lowest BCUT2D eigenvalue weighted by Gasteiger charge is -2.25. The molecule has 1 aliphatic rings. The van der Waals surface area contributed by atoms with Gasteiger partial charge in [-0.1, -0.05) is 30.3 Å². The maximum absolute atomic E-state index is 12.3. The first-order valence-electron chi connectivity index (χ1n) is 6.20. The molecule has 17 heavy (non-hydrogen) atoms. The first-order chi connectivity index (χ1) is 8.29. The summed E-state index contributed by atoms with van der Waals surface area (Å²) in [4.78, 5) is 14.5. The van der Waals surface area contributed by atoms with Crippen LogP contribution in [0.1, 0.15) is 23.7 Å². The molecule has 1 heterocycles. The van der Waals surface area contributed by atoms with E-state index in [4.69, 9.17) is 4.74 Å². The molecule has 92 valence electrons. The maximum atomic E-state index is 12.3. The van der Waals surface area contributed by atoms with Crippen molar-refractivity contribution in [3.63, 3.8) is 0 Å². The van der Waals surface area contributed by atoms with E-state index >= 15 is 0 Å². The molecule has 1 atom stereocenters. The number of benzene rings is 1. The van der Waals surface area contributed by atoms with Crippen molar-refractivity contribution in [3.05, 3.63) is 35.9 Å². The average Bonchev–Trinajstić information content (AvgIpc) is 2.67. The number of ketones is 1. The van der Waals surface area contributed by atoms with Crippen molar-refractivity contribution < 1.29 is 9.53 Å². The molecule has 3 nitrogen and oxygen atoms in total. The first kappa shape index (κ1) is 12.3. The van der Waals surface area contributed by atoms with E-state index in [1.54, 1.807) is 0 Å². The number of carbonyl (C=O) groups is 1. The molecule has 0 aromatic heterocycles. The van der Waals surface area contributed by atoms with Crippen molar-refractivity contribution in [2.45, 2.75) is 19.4 Å². The molecule has 0 aliphatic carbocycles. The summed E-state index contributed by atoms with van der Waals surface area (Å²) in [7, 11) is 0. The van der Waals surface area contributed by atoms with Crippen molar-refractivity contribution in [2.24, 2.45) is 0 Å². The summed E-state index contributed by atoms with van der Waals surface area (Å²) in [5.74, 6) is 0.201. The molecular weight excluding hydrogens is 214 g/mol. The summed E-state index contributed by atoms with van der Waals surface area (Å²) in [6.45, 7) is 5.31. The Morgan fingerprint density at radius 1 is 1.24 bits per heavy atom. The molecule has 0 amide bonds. The number of ether oxygens (including phenoxy) is 1. The van der Waals surface area contributed by atoms with Gasteiger partial charge in [0, 0.05) is 25.3 Å². The highest BCUT2D eigenvalue weighted by Gasteiger charge is 2.22. The predicted octanol–water partition coefficient (Wildman–Crippen LogP) is 1.98. The molecule has 1 aliphatic heterocycles. The van der Waals surface area contributed by atoms with Gasteiger partial charge in [-0.05, 0) is 13.3 Å². The molecule has 1 saturated heterocycles. The Morgan fingerprint density at radius 2 is 2.00 bits per heavy atom. The molecule has 0 radical (unpaired) electrons. The lowest BCUT2D eigenvalue weighted by atomic mass is 10.0. The summed E-state index contributed by atoms with van der Waals surface area (Å²) in [5.41, 5.74) is 0.796. The van der Waals surface area contributed by atoms with Gasteiger partial charge in [-0.15, -0.1) is 0 Å². The van der Waals surface area contributed by atoms with Crippen LogP contribution in [0.5, 0.6) is 0 Å².